The van der Waals surface area contributed by atoms with E-state index in [2.05, 4.69) is 4.98 Å². The smallest absolute Gasteiger partial charge is 0.349 e. The molecule has 3 rings (SSSR count). The van der Waals surface area contributed by atoms with Gasteiger partial charge in [0.05, 0.1) is 18.3 Å². The molecule has 158 valence electrons. The number of esters is 2. The highest BCUT2D eigenvalue weighted by molar-refractivity contribution is 7.20. The van der Waals surface area contributed by atoms with E-state index in [1.54, 1.807) is 6.92 Å². The van der Waals surface area contributed by atoms with Gasteiger partial charge in [0.25, 0.3) is 5.56 Å². The molecule has 0 aliphatic carbocycles. The molecular formula is C21H22N2O6S. The Morgan fingerprint density at radius 2 is 1.90 bits per heavy atom. The fourth-order valence-electron chi connectivity index (χ4n) is 2.80. The summed E-state index contributed by atoms with van der Waals surface area (Å²) in [4.78, 5) is 42.3. The Morgan fingerprint density at radius 3 is 2.63 bits per heavy atom. The maximum atomic E-state index is 12.8. The van der Waals surface area contributed by atoms with Crippen LogP contribution in [0.1, 0.15) is 27.7 Å². The average Bonchev–Trinajstić information content (AvgIpc) is 3.09. The topological polar surface area (TPSA) is 96.7 Å². The largest absolute Gasteiger partial charge is 0.462 e. The van der Waals surface area contributed by atoms with Crippen LogP contribution in [-0.4, -0.2) is 41.3 Å². The van der Waals surface area contributed by atoms with Crippen LogP contribution in [0.25, 0.3) is 10.2 Å². The minimum Gasteiger partial charge on any atom is -0.462 e. The summed E-state index contributed by atoms with van der Waals surface area (Å²) in [6, 6.07) is 9.33. The lowest BCUT2D eigenvalue weighted by molar-refractivity contribution is -0.145. The number of thiophene rings is 1. The molecule has 0 saturated heterocycles. The first-order valence-corrected chi connectivity index (χ1v) is 10.3. The molecule has 0 aliphatic rings. The van der Waals surface area contributed by atoms with Gasteiger partial charge >= 0.3 is 11.9 Å². The Bertz CT molecular complexity index is 1090. The van der Waals surface area contributed by atoms with Crippen molar-refractivity contribution in [2.75, 3.05) is 19.8 Å². The molecule has 0 amide bonds. The Morgan fingerprint density at radius 1 is 1.13 bits per heavy atom. The quantitative estimate of drug-likeness (QED) is 0.380. The molecule has 0 spiro atoms. The van der Waals surface area contributed by atoms with Crippen molar-refractivity contribution in [3.8, 4) is 0 Å². The van der Waals surface area contributed by atoms with Crippen LogP contribution < -0.4 is 5.56 Å². The number of carbonyl (C=O) groups excluding carboxylic acids is 2. The molecule has 3 aromatic rings. The van der Waals surface area contributed by atoms with Gasteiger partial charge in [0.15, 0.2) is 0 Å². The first-order chi connectivity index (χ1) is 14.5. The SMILES string of the molecule is CCOCCOC(=O)Cn1cnc2sc(C(=O)OCc3ccccc3)c(C)c2c1=O. The van der Waals surface area contributed by atoms with Crippen molar-refractivity contribution in [3.63, 3.8) is 0 Å². The van der Waals surface area contributed by atoms with Gasteiger partial charge in [-0.25, -0.2) is 9.78 Å². The number of ether oxygens (including phenoxy) is 3. The highest BCUT2D eigenvalue weighted by Gasteiger charge is 2.21. The van der Waals surface area contributed by atoms with Crippen molar-refractivity contribution in [2.24, 2.45) is 0 Å². The monoisotopic (exact) mass is 430 g/mol. The number of aryl methyl sites for hydroxylation is 1. The zero-order valence-electron chi connectivity index (χ0n) is 16.8. The highest BCUT2D eigenvalue weighted by Crippen LogP contribution is 2.27. The van der Waals surface area contributed by atoms with Gasteiger partial charge in [0.1, 0.15) is 29.5 Å². The summed E-state index contributed by atoms with van der Waals surface area (Å²) in [6.07, 6.45) is 1.28. The molecule has 0 radical (unpaired) electrons. The van der Waals surface area contributed by atoms with Crippen LogP contribution in [0.15, 0.2) is 41.5 Å². The number of rotatable bonds is 9. The van der Waals surface area contributed by atoms with Crippen molar-refractivity contribution in [1.82, 2.24) is 9.55 Å². The summed E-state index contributed by atoms with van der Waals surface area (Å²) >= 11 is 1.10. The van der Waals surface area contributed by atoms with Crippen molar-refractivity contribution in [3.05, 3.63) is 63.0 Å². The summed E-state index contributed by atoms with van der Waals surface area (Å²) in [7, 11) is 0. The maximum Gasteiger partial charge on any atom is 0.349 e. The second-order valence-corrected chi connectivity index (χ2v) is 7.39. The molecule has 0 saturated carbocycles. The molecule has 0 N–H and O–H groups in total. The lowest BCUT2D eigenvalue weighted by Crippen LogP contribution is -2.26. The molecule has 9 heteroatoms. The van der Waals surface area contributed by atoms with Crippen LogP contribution in [0, 0.1) is 6.92 Å². The number of carbonyl (C=O) groups is 2. The lowest BCUT2D eigenvalue weighted by Gasteiger charge is -2.07. The van der Waals surface area contributed by atoms with Gasteiger partial charge in [-0.05, 0) is 25.0 Å². The summed E-state index contributed by atoms with van der Waals surface area (Å²) in [5, 5.41) is 0.302. The predicted molar refractivity (Wildman–Crippen MR) is 112 cm³/mol. The van der Waals surface area contributed by atoms with Gasteiger partial charge in [-0.2, -0.15) is 0 Å². The molecule has 0 bridgehead atoms. The Hall–Kier alpha value is -3.04. The molecule has 0 unspecified atom stereocenters. The van der Waals surface area contributed by atoms with Gasteiger partial charge in [0.2, 0.25) is 0 Å². The first-order valence-electron chi connectivity index (χ1n) is 9.44. The van der Waals surface area contributed by atoms with E-state index < -0.39 is 17.5 Å². The van der Waals surface area contributed by atoms with Gasteiger partial charge in [0, 0.05) is 6.61 Å². The molecule has 0 atom stereocenters. The normalized spacial score (nSPS) is 10.9. The van der Waals surface area contributed by atoms with E-state index in [1.165, 1.54) is 10.9 Å². The summed E-state index contributed by atoms with van der Waals surface area (Å²) in [5.74, 6) is -1.08. The molecule has 0 aliphatic heterocycles. The maximum absolute atomic E-state index is 12.8. The zero-order chi connectivity index (χ0) is 21.5. The molecular weight excluding hydrogens is 408 g/mol. The predicted octanol–water partition coefficient (Wildman–Crippen LogP) is 2.70. The third-order valence-electron chi connectivity index (χ3n) is 4.31. The highest BCUT2D eigenvalue weighted by atomic mass is 32.1. The number of hydrogen-bond acceptors (Lipinski definition) is 8. The van der Waals surface area contributed by atoms with Crippen molar-refractivity contribution in [1.29, 1.82) is 0 Å². The number of aromatic nitrogens is 2. The Labute approximate surface area is 177 Å². The average molecular weight is 430 g/mol. The van der Waals surface area contributed by atoms with Crippen molar-refractivity contribution < 1.29 is 23.8 Å². The number of fused-ring (bicyclic) bond motifs is 1. The van der Waals surface area contributed by atoms with Crippen LogP contribution in [0.2, 0.25) is 0 Å². The van der Waals surface area contributed by atoms with Crippen molar-refractivity contribution in [2.45, 2.75) is 27.0 Å². The minimum atomic E-state index is -0.562. The second-order valence-electron chi connectivity index (χ2n) is 6.39. The zero-order valence-corrected chi connectivity index (χ0v) is 17.6. The number of nitrogens with zero attached hydrogens (tertiary/aromatic N) is 2. The van der Waals surface area contributed by atoms with Crippen molar-refractivity contribution >= 4 is 33.5 Å². The van der Waals surface area contributed by atoms with Gasteiger partial charge < -0.3 is 14.2 Å². The third kappa shape index (κ3) is 5.11. The fraction of sp³-hybridized carbons (Fsp3) is 0.333. The second kappa shape index (κ2) is 10.1. The van der Waals surface area contributed by atoms with Gasteiger partial charge in [-0.1, -0.05) is 30.3 Å². The molecule has 0 fully saturated rings. The molecule has 2 aromatic heterocycles. The van der Waals surface area contributed by atoms with Gasteiger partial charge in [-0.15, -0.1) is 11.3 Å². The first kappa shape index (κ1) is 21.7. The summed E-state index contributed by atoms with van der Waals surface area (Å²) in [6.45, 7) is 4.34. The van der Waals surface area contributed by atoms with Crippen LogP contribution in [0.5, 0.6) is 0 Å². The van der Waals surface area contributed by atoms with E-state index in [9.17, 15) is 14.4 Å². The third-order valence-corrected chi connectivity index (χ3v) is 5.49. The van der Waals surface area contributed by atoms with E-state index in [0.717, 1.165) is 16.9 Å². The van der Waals surface area contributed by atoms with E-state index in [4.69, 9.17) is 14.2 Å². The molecule has 30 heavy (non-hydrogen) atoms. The van der Waals surface area contributed by atoms with Crippen LogP contribution >= 0.6 is 11.3 Å². The Balaban J connectivity index is 1.74. The van der Waals surface area contributed by atoms with E-state index in [-0.39, 0.29) is 19.8 Å². The van der Waals surface area contributed by atoms with Crippen LogP contribution in [-0.2, 0) is 32.2 Å². The van der Waals surface area contributed by atoms with Crippen LogP contribution in [0.3, 0.4) is 0 Å². The standard InChI is InChI=1S/C21H22N2O6S/c1-3-27-9-10-28-16(24)11-23-13-22-19-17(20(23)25)14(2)18(30-19)21(26)29-12-15-7-5-4-6-8-15/h4-8,13H,3,9-12H2,1-2H3. The fourth-order valence-corrected chi connectivity index (χ4v) is 3.83. The minimum absolute atomic E-state index is 0.117. The number of hydrogen-bond donors (Lipinski definition) is 0. The summed E-state index contributed by atoms with van der Waals surface area (Å²) < 4.78 is 16.7. The van der Waals surface area contributed by atoms with E-state index in [1.807, 2.05) is 37.3 Å². The molecule has 1 aromatic carbocycles. The molecule has 8 nitrogen and oxygen atoms in total. The summed E-state index contributed by atoms with van der Waals surface area (Å²) in [5.41, 5.74) is 0.954. The van der Waals surface area contributed by atoms with Crippen LogP contribution in [0.4, 0.5) is 0 Å². The van der Waals surface area contributed by atoms with E-state index in [0.29, 0.717) is 33.9 Å². The van der Waals surface area contributed by atoms with Gasteiger partial charge in [-0.3, -0.25) is 14.2 Å². The van der Waals surface area contributed by atoms with E-state index >= 15 is 0 Å². The number of benzene rings is 1. The molecule has 2 heterocycles. The Kier molecular flexibility index (Phi) is 7.31. The lowest BCUT2D eigenvalue weighted by atomic mass is 10.2.